The first-order valence-corrected chi connectivity index (χ1v) is 8.54. The van der Waals surface area contributed by atoms with Gasteiger partial charge in [-0.1, -0.05) is 0 Å². The number of hydrogen-bond acceptors (Lipinski definition) is 2. The highest BCUT2D eigenvalue weighted by molar-refractivity contribution is 5.51. The van der Waals surface area contributed by atoms with E-state index in [2.05, 4.69) is 44.8 Å². The molecule has 1 heterocycles. The summed E-state index contributed by atoms with van der Waals surface area (Å²) in [5.74, 6) is 0.891. The summed E-state index contributed by atoms with van der Waals surface area (Å²) in [4.78, 5) is 2.75. The van der Waals surface area contributed by atoms with Gasteiger partial charge in [0.1, 0.15) is 0 Å². The number of benzene rings is 1. The van der Waals surface area contributed by atoms with Crippen molar-refractivity contribution in [3.8, 4) is 0 Å². The minimum Gasteiger partial charge on any atom is -0.314 e. The predicted octanol–water partition coefficient (Wildman–Crippen LogP) is 3.59. The molecule has 1 aliphatic carbocycles. The highest BCUT2D eigenvalue weighted by atomic mass is 15.2. The highest BCUT2D eigenvalue weighted by Crippen LogP contribution is 2.47. The minimum atomic E-state index is 0.657. The Hall–Kier alpha value is -0.860. The average molecular weight is 286 g/mol. The average Bonchev–Trinajstić information content (AvgIpc) is 3.33. The molecule has 3 rings (SSSR count). The molecule has 0 radical (unpaired) electrons. The summed E-state index contributed by atoms with van der Waals surface area (Å²) in [7, 11) is 0. The molecular weight excluding hydrogens is 256 g/mol. The van der Waals surface area contributed by atoms with E-state index in [-0.39, 0.29) is 0 Å². The van der Waals surface area contributed by atoms with Gasteiger partial charge in [-0.2, -0.15) is 0 Å². The normalized spacial score (nSPS) is 21.6. The zero-order chi connectivity index (χ0) is 15.1. The molecule has 0 aromatic heterocycles. The molecule has 1 aliphatic heterocycles. The van der Waals surface area contributed by atoms with Crippen molar-refractivity contribution in [1.82, 2.24) is 10.2 Å². The van der Waals surface area contributed by atoms with Gasteiger partial charge < -0.3 is 5.32 Å². The van der Waals surface area contributed by atoms with Gasteiger partial charge in [0, 0.05) is 32.2 Å². The predicted molar refractivity (Wildman–Crippen MR) is 90.0 cm³/mol. The molecule has 0 bridgehead atoms. The summed E-state index contributed by atoms with van der Waals surface area (Å²) < 4.78 is 0. The molecule has 0 spiro atoms. The van der Waals surface area contributed by atoms with Crippen molar-refractivity contribution in [3.05, 3.63) is 33.4 Å². The molecule has 2 aliphatic rings. The first-order chi connectivity index (χ1) is 10.0. The van der Waals surface area contributed by atoms with Crippen LogP contribution in [-0.2, 0) is 0 Å². The summed E-state index contributed by atoms with van der Waals surface area (Å²) in [6.07, 6.45) is 2.83. The van der Waals surface area contributed by atoms with Crippen molar-refractivity contribution in [2.45, 2.75) is 53.5 Å². The number of rotatable bonds is 3. The third-order valence-electron chi connectivity index (χ3n) is 5.97. The molecule has 2 heteroatoms. The van der Waals surface area contributed by atoms with Gasteiger partial charge in [0.25, 0.3) is 0 Å². The highest BCUT2D eigenvalue weighted by Gasteiger charge is 2.38. The zero-order valence-electron chi connectivity index (χ0n) is 14.3. The second kappa shape index (κ2) is 5.73. The molecular formula is C19H30N2. The molecule has 1 saturated heterocycles. The molecule has 2 nitrogen and oxygen atoms in total. The fraction of sp³-hybridized carbons (Fsp3) is 0.684. The first kappa shape index (κ1) is 15.1. The van der Waals surface area contributed by atoms with Gasteiger partial charge in [0.05, 0.1) is 0 Å². The number of nitrogens with one attached hydrogen (secondary N) is 1. The van der Waals surface area contributed by atoms with Gasteiger partial charge in [0.2, 0.25) is 0 Å². The lowest BCUT2D eigenvalue weighted by molar-refractivity contribution is 0.155. The molecule has 0 unspecified atom stereocenters. The van der Waals surface area contributed by atoms with Crippen molar-refractivity contribution < 1.29 is 0 Å². The van der Waals surface area contributed by atoms with E-state index in [4.69, 9.17) is 0 Å². The van der Waals surface area contributed by atoms with E-state index in [9.17, 15) is 0 Å². The van der Waals surface area contributed by atoms with E-state index in [0.717, 1.165) is 19.0 Å². The topological polar surface area (TPSA) is 15.3 Å². The summed E-state index contributed by atoms with van der Waals surface area (Å²) >= 11 is 0. The number of nitrogens with zero attached hydrogens (tertiary/aromatic N) is 1. The number of hydrogen-bond donors (Lipinski definition) is 1. The van der Waals surface area contributed by atoms with Crippen molar-refractivity contribution in [3.63, 3.8) is 0 Å². The van der Waals surface area contributed by atoms with Crippen molar-refractivity contribution >= 4 is 0 Å². The van der Waals surface area contributed by atoms with Gasteiger partial charge in [0.15, 0.2) is 0 Å². The standard InChI is InChI=1S/C19H30N2/c1-12-13(2)15(4)18(16(5)14(12)3)19(17-6-7-17)21-10-8-20-9-11-21/h17,19-20H,6-11H2,1-5H3/t19-/m1/s1. The minimum absolute atomic E-state index is 0.657. The van der Waals surface area contributed by atoms with Crippen LogP contribution in [0.2, 0.25) is 0 Å². The summed E-state index contributed by atoms with van der Waals surface area (Å²) in [5.41, 5.74) is 9.25. The zero-order valence-corrected chi connectivity index (χ0v) is 14.3. The van der Waals surface area contributed by atoms with E-state index >= 15 is 0 Å². The molecule has 1 saturated carbocycles. The van der Waals surface area contributed by atoms with Crippen molar-refractivity contribution in [2.75, 3.05) is 26.2 Å². The summed E-state index contributed by atoms with van der Waals surface area (Å²) in [6.45, 7) is 16.3. The van der Waals surface area contributed by atoms with Crippen molar-refractivity contribution in [2.24, 2.45) is 5.92 Å². The molecule has 2 fully saturated rings. The first-order valence-electron chi connectivity index (χ1n) is 8.54. The SMILES string of the molecule is Cc1c(C)c(C)c([C@@H](C2CC2)N2CCNCC2)c(C)c1C. The Morgan fingerprint density at radius 1 is 0.810 bits per heavy atom. The van der Waals surface area contributed by atoms with Crippen LogP contribution in [0.3, 0.4) is 0 Å². The lowest BCUT2D eigenvalue weighted by Gasteiger charge is -2.38. The summed E-state index contributed by atoms with van der Waals surface area (Å²) in [6, 6.07) is 0.657. The van der Waals surface area contributed by atoms with Crippen molar-refractivity contribution in [1.29, 1.82) is 0 Å². The van der Waals surface area contributed by atoms with Crippen LogP contribution in [0.5, 0.6) is 0 Å². The number of piperazine rings is 1. The molecule has 1 aromatic carbocycles. The smallest absolute Gasteiger partial charge is 0.0382 e. The molecule has 116 valence electrons. The van der Waals surface area contributed by atoms with Crippen LogP contribution in [0, 0.1) is 40.5 Å². The lowest BCUT2D eigenvalue weighted by Crippen LogP contribution is -2.46. The Morgan fingerprint density at radius 3 is 1.76 bits per heavy atom. The quantitative estimate of drug-likeness (QED) is 0.913. The van der Waals surface area contributed by atoms with Crippen LogP contribution in [0.15, 0.2) is 0 Å². The van der Waals surface area contributed by atoms with E-state index in [1.54, 1.807) is 16.7 Å². The molecule has 1 aromatic rings. The summed E-state index contributed by atoms with van der Waals surface area (Å²) in [5, 5.41) is 3.50. The van der Waals surface area contributed by atoms with Gasteiger partial charge in [-0.05, 0) is 86.8 Å². The Bertz CT molecular complexity index is 508. The monoisotopic (exact) mass is 286 g/mol. The fourth-order valence-corrected chi connectivity index (χ4v) is 4.06. The van der Waals surface area contributed by atoms with Gasteiger partial charge in [-0.15, -0.1) is 0 Å². The Morgan fingerprint density at radius 2 is 1.29 bits per heavy atom. The second-order valence-electron chi connectivity index (χ2n) is 7.11. The van der Waals surface area contributed by atoms with E-state index in [0.29, 0.717) is 6.04 Å². The Kier molecular flexibility index (Phi) is 4.11. The molecule has 1 atom stereocenters. The maximum atomic E-state index is 3.50. The van der Waals surface area contributed by atoms with Gasteiger partial charge in [-0.3, -0.25) is 4.90 Å². The third-order valence-corrected chi connectivity index (χ3v) is 5.97. The van der Waals surface area contributed by atoms with Crippen LogP contribution in [-0.4, -0.2) is 31.1 Å². The Balaban J connectivity index is 2.07. The van der Waals surface area contributed by atoms with E-state index < -0.39 is 0 Å². The molecule has 0 amide bonds. The third kappa shape index (κ3) is 2.64. The van der Waals surface area contributed by atoms with Crippen LogP contribution in [0.25, 0.3) is 0 Å². The van der Waals surface area contributed by atoms with Gasteiger partial charge in [-0.25, -0.2) is 0 Å². The fourth-order valence-electron chi connectivity index (χ4n) is 4.06. The lowest BCUT2D eigenvalue weighted by atomic mass is 9.84. The van der Waals surface area contributed by atoms with E-state index in [1.165, 1.54) is 42.6 Å². The van der Waals surface area contributed by atoms with Crippen LogP contribution in [0.4, 0.5) is 0 Å². The maximum absolute atomic E-state index is 3.50. The van der Waals surface area contributed by atoms with E-state index in [1.807, 2.05) is 0 Å². The van der Waals surface area contributed by atoms with Crippen LogP contribution >= 0.6 is 0 Å². The van der Waals surface area contributed by atoms with Crippen LogP contribution in [0.1, 0.15) is 52.3 Å². The van der Waals surface area contributed by atoms with Crippen LogP contribution < -0.4 is 5.32 Å². The maximum Gasteiger partial charge on any atom is 0.0382 e. The van der Waals surface area contributed by atoms with Gasteiger partial charge >= 0.3 is 0 Å². The largest absolute Gasteiger partial charge is 0.314 e. The molecule has 21 heavy (non-hydrogen) atoms. The Labute approximate surface area is 129 Å². The second-order valence-corrected chi connectivity index (χ2v) is 7.11. The molecule has 1 N–H and O–H groups in total.